The van der Waals surface area contributed by atoms with Crippen molar-refractivity contribution in [2.24, 2.45) is 5.92 Å². The SMILES string of the molecule is CC[C@H](C)[C@H](NC(=O)NCc1cn(-c2ccccc2)nn1)C(=O)NO. The van der Waals surface area contributed by atoms with E-state index in [-0.39, 0.29) is 12.5 Å². The molecule has 25 heavy (non-hydrogen) atoms. The van der Waals surface area contributed by atoms with Crippen molar-refractivity contribution in [3.8, 4) is 5.69 Å². The van der Waals surface area contributed by atoms with Crippen LogP contribution < -0.4 is 16.1 Å². The maximum absolute atomic E-state index is 12.0. The molecule has 9 nitrogen and oxygen atoms in total. The number of para-hydroxylation sites is 1. The van der Waals surface area contributed by atoms with E-state index >= 15 is 0 Å². The van der Waals surface area contributed by atoms with E-state index in [1.807, 2.05) is 44.2 Å². The minimum atomic E-state index is -0.824. The van der Waals surface area contributed by atoms with Crippen molar-refractivity contribution < 1.29 is 14.8 Å². The monoisotopic (exact) mass is 346 g/mol. The van der Waals surface area contributed by atoms with Crippen molar-refractivity contribution in [3.63, 3.8) is 0 Å². The molecule has 0 aliphatic carbocycles. The number of nitrogens with zero attached hydrogens (tertiary/aromatic N) is 3. The van der Waals surface area contributed by atoms with Crippen LogP contribution in [0.25, 0.3) is 5.69 Å². The first-order chi connectivity index (χ1) is 12.0. The fourth-order valence-electron chi connectivity index (χ4n) is 2.22. The van der Waals surface area contributed by atoms with Gasteiger partial charge in [0.2, 0.25) is 0 Å². The molecule has 0 fully saturated rings. The summed E-state index contributed by atoms with van der Waals surface area (Å²) in [5.74, 6) is -0.781. The first-order valence-electron chi connectivity index (χ1n) is 8.00. The molecule has 2 rings (SSSR count). The first-order valence-corrected chi connectivity index (χ1v) is 8.00. The minimum Gasteiger partial charge on any atom is -0.332 e. The van der Waals surface area contributed by atoms with Gasteiger partial charge >= 0.3 is 6.03 Å². The van der Waals surface area contributed by atoms with E-state index in [1.54, 1.807) is 16.4 Å². The van der Waals surface area contributed by atoms with Crippen LogP contribution in [0.2, 0.25) is 0 Å². The van der Waals surface area contributed by atoms with Gasteiger partial charge in [0.15, 0.2) is 0 Å². The van der Waals surface area contributed by atoms with Crippen LogP contribution in [-0.4, -0.2) is 38.2 Å². The molecule has 3 amide bonds. The number of benzene rings is 1. The Kier molecular flexibility index (Phi) is 6.47. The van der Waals surface area contributed by atoms with Crippen molar-refractivity contribution in [2.45, 2.75) is 32.9 Å². The lowest BCUT2D eigenvalue weighted by molar-refractivity contribution is -0.132. The zero-order valence-electron chi connectivity index (χ0n) is 14.1. The summed E-state index contributed by atoms with van der Waals surface area (Å²) in [4.78, 5) is 23.7. The van der Waals surface area contributed by atoms with Gasteiger partial charge in [-0.1, -0.05) is 43.7 Å². The summed E-state index contributed by atoms with van der Waals surface area (Å²) in [5.41, 5.74) is 3.01. The number of hydroxylamine groups is 1. The number of rotatable bonds is 7. The van der Waals surface area contributed by atoms with Crippen LogP contribution in [0.3, 0.4) is 0 Å². The number of carbonyl (C=O) groups excluding carboxylic acids is 2. The lowest BCUT2D eigenvalue weighted by Gasteiger charge is -2.22. The third-order valence-electron chi connectivity index (χ3n) is 3.88. The Morgan fingerprint density at radius 1 is 1.28 bits per heavy atom. The molecule has 9 heteroatoms. The summed E-state index contributed by atoms with van der Waals surface area (Å²) in [6.07, 6.45) is 2.38. The van der Waals surface area contributed by atoms with Crippen LogP contribution >= 0.6 is 0 Å². The van der Waals surface area contributed by atoms with Gasteiger partial charge in [-0.05, 0) is 18.1 Å². The fourth-order valence-corrected chi connectivity index (χ4v) is 2.22. The Morgan fingerprint density at radius 3 is 2.64 bits per heavy atom. The van der Waals surface area contributed by atoms with Gasteiger partial charge in [-0.3, -0.25) is 10.0 Å². The standard InChI is InChI=1S/C16H22N6O3/c1-3-11(2)14(15(23)20-25)18-16(24)17-9-12-10-22(21-19-12)13-7-5-4-6-8-13/h4-8,10-11,14,25H,3,9H2,1-2H3,(H,20,23)(H2,17,18,24)/t11-,14-/m0/s1. The van der Waals surface area contributed by atoms with E-state index in [0.717, 1.165) is 5.69 Å². The number of hydrogen-bond acceptors (Lipinski definition) is 5. The van der Waals surface area contributed by atoms with E-state index in [1.165, 1.54) is 0 Å². The number of nitrogens with one attached hydrogen (secondary N) is 3. The highest BCUT2D eigenvalue weighted by atomic mass is 16.5. The van der Waals surface area contributed by atoms with Crippen molar-refractivity contribution in [2.75, 3.05) is 0 Å². The molecule has 1 heterocycles. The van der Waals surface area contributed by atoms with Crippen molar-refractivity contribution in [3.05, 3.63) is 42.2 Å². The number of urea groups is 1. The van der Waals surface area contributed by atoms with Gasteiger partial charge in [0.1, 0.15) is 11.7 Å². The fraction of sp³-hybridized carbons (Fsp3) is 0.375. The molecule has 4 N–H and O–H groups in total. The van der Waals surface area contributed by atoms with Gasteiger partial charge in [-0.25, -0.2) is 15.0 Å². The molecule has 0 aliphatic rings. The third kappa shape index (κ3) is 5.01. The maximum atomic E-state index is 12.0. The van der Waals surface area contributed by atoms with Crippen LogP contribution in [0.15, 0.2) is 36.5 Å². The Balaban J connectivity index is 1.91. The Labute approximate surface area is 145 Å². The van der Waals surface area contributed by atoms with E-state index in [2.05, 4.69) is 20.9 Å². The van der Waals surface area contributed by atoms with E-state index < -0.39 is 18.0 Å². The molecular weight excluding hydrogens is 324 g/mol. The molecule has 2 aromatic rings. The number of carbonyl (C=O) groups is 2. The summed E-state index contributed by atoms with van der Waals surface area (Å²) in [6, 6.07) is 8.13. The van der Waals surface area contributed by atoms with E-state index in [4.69, 9.17) is 5.21 Å². The van der Waals surface area contributed by atoms with Gasteiger partial charge in [0.05, 0.1) is 18.4 Å². The molecule has 0 unspecified atom stereocenters. The largest absolute Gasteiger partial charge is 0.332 e. The second kappa shape index (κ2) is 8.78. The molecular formula is C16H22N6O3. The van der Waals surface area contributed by atoms with Gasteiger partial charge in [0, 0.05) is 0 Å². The first kappa shape index (κ1) is 18.4. The zero-order valence-corrected chi connectivity index (χ0v) is 14.1. The number of aromatic nitrogens is 3. The smallest absolute Gasteiger partial charge is 0.315 e. The quantitative estimate of drug-likeness (QED) is 0.440. The normalized spacial score (nSPS) is 12.9. The molecule has 0 saturated carbocycles. The van der Waals surface area contributed by atoms with Gasteiger partial charge in [-0.15, -0.1) is 5.10 Å². The van der Waals surface area contributed by atoms with Gasteiger partial charge in [-0.2, -0.15) is 0 Å². The summed E-state index contributed by atoms with van der Waals surface area (Å²) in [7, 11) is 0. The molecule has 1 aromatic carbocycles. The summed E-state index contributed by atoms with van der Waals surface area (Å²) in [6.45, 7) is 3.86. The second-order valence-corrected chi connectivity index (χ2v) is 5.66. The van der Waals surface area contributed by atoms with Gasteiger partial charge < -0.3 is 10.6 Å². The van der Waals surface area contributed by atoms with Crippen LogP contribution in [0.5, 0.6) is 0 Å². The zero-order chi connectivity index (χ0) is 18.2. The van der Waals surface area contributed by atoms with Crippen LogP contribution in [0, 0.1) is 5.92 Å². The summed E-state index contributed by atoms with van der Waals surface area (Å²) < 4.78 is 1.61. The maximum Gasteiger partial charge on any atom is 0.315 e. The molecule has 0 bridgehead atoms. The summed E-state index contributed by atoms with van der Waals surface area (Å²) >= 11 is 0. The van der Waals surface area contributed by atoms with Crippen LogP contribution in [0.4, 0.5) is 4.79 Å². The van der Waals surface area contributed by atoms with Crippen molar-refractivity contribution in [1.29, 1.82) is 0 Å². The highest BCUT2D eigenvalue weighted by molar-refractivity contribution is 5.86. The molecule has 0 saturated heterocycles. The lowest BCUT2D eigenvalue weighted by atomic mass is 9.99. The molecule has 0 aliphatic heterocycles. The predicted molar refractivity (Wildman–Crippen MR) is 89.9 cm³/mol. The second-order valence-electron chi connectivity index (χ2n) is 5.66. The number of amides is 3. The van der Waals surface area contributed by atoms with Gasteiger partial charge in [0.25, 0.3) is 5.91 Å². The average Bonchev–Trinajstić information content (AvgIpc) is 3.13. The topological polar surface area (TPSA) is 121 Å². The highest BCUT2D eigenvalue weighted by Crippen LogP contribution is 2.08. The molecule has 0 spiro atoms. The molecule has 1 aromatic heterocycles. The van der Waals surface area contributed by atoms with E-state index in [9.17, 15) is 9.59 Å². The van der Waals surface area contributed by atoms with Crippen LogP contribution in [-0.2, 0) is 11.3 Å². The molecule has 2 atom stereocenters. The Bertz CT molecular complexity index is 703. The minimum absolute atomic E-state index is 0.128. The van der Waals surface area contributed by atoms with Crippen molar-refractivity contribution in [1.82, 2.24) is 31.1 Å². The van der Waals surface area contributed by atoms with E-state index in [0.29, 0.717) is 12.1 Å². The van der Waals surface area contributed by atoms with Crippen LogP contribution in [0.1, 0.15) is 26.0 Å². The molecule has 134 valence electrons. The average molecular weight is 346 g/mol. The van der Waals surface area contributed by atoms with Crippen molar-refractivity contribution >= 4 is 11.9 Å². The number of hydrogen-bond donors (Lipinski definition) is 4. The predicted octanol–water partition coefficient (Wildman–Crippen LogP) is 0.987. The molecule has 0 radical (unpaired) electrons. The Hall–Kier alpha value is -2.94. The summed E-state index contributed by atoms with van der Waals surface area (Å²) in [5, 5.41) is 22.0. The highest BCUT2D eigenvalue weighted by Gasteiger charge is 2.25. The Morgan fingerprint density at radius 2 is 2.00 bits per heavy atom. The third-order valence-corrected chi connectivity index (χ3v) is 3.88. The lowest BCUT2D eigenvalue weighted by Crippen LogP contribution is -2.52.